The summed E-state index contributed by atoms with van der Waals surface area (Å²) in [7, 11) is 1.78. The number of rotatable bonds is 9. The van der Waals surface area contributed by atoms with Crippen molar-refractivity contribution < 1.29 is 9.53 Å². The van der Waals surface area contributed by atoms with Crippen molar-refractivity contribution in [1.82, 2.24) is 5.32 Å². The first-order chi connectivity index (χ1) is 13.2. The molecule has 1 aliphatic heterocycles. The second-order valence-electron chi connectivity index (χ2n) is 7.54. The van der Waals surface area contributed by atoms with Crippen molar-refractivity contribution in [2.75, 3.05) is 32.1 Å². The van der Waals surface area contributed by atoms with E-state index in [1.54, 1.807) is 7.11 Å². The first-order valence-corrected chi connectivity index (χ1v) is 10.7. The van der Waals surface area contributed by atoms with Crippen LogP contribution in [-0.2, 0) is 9.53 Å². The molecule has 0 spiro atoms. The van der Waals surface area contributed by atoms with Gasteiger partial charge < -0.3 is 15.4 Å². The minimum atomic E-state index is 0.110. The molecule has 0 saturated carbocycles. The molecule has 1 amide bonds. The van der Waals surface area contributed by atoms with Gasteiger partial charge in [-0.1, -0.05) is 24.3 Å². The van der Waals surface area contributed by atoms with Crippen LogP contribution in [0.3, 0.4) is 0 Å². The average molecular weight is 387 g/mol. The summed E-state index contributed by atoms with van der Waals surface area (Å²) in [4.78, 5) is 13.9. The molecule has 0 aliphatic carbocycles. The van der Waals surface area contributed by atoms with E-state index >= 15 is 0 Å². The number of para-hydroxylation sites is 1. The van der Waals surface area contributed by atoms with Crippen molar-refractivity contribution in [3.05, 3.63) is 52.7 Å². The van der Waals surface area contributed by atoms with Gasteiger partial charge in [-0.25, -0.2) is 0 Å². The number of ether oxygens (including phenoxy) is 1. The molecule has 1 aromatic heterocycles. The molecule has 0 unspecified atom stereocenters. The Balaban J connectivity index is 1.64. The molecule has 2 N–H and O–H groups in total. The highest BCUT2D eigenvalue weighted by Crippen LogP contribution is 2.43. The van der Waals surface area contributed by atoms with Crippen LogP contribution in [0, 0.1) is 5.41 Å². The number of hydrogen-bond donors (Lipinski definition) is 2. The summed E-state index contributed by atoms with van der Waals surface area (Å²) in [6.45, 7) is 2.81. The number of nitrogens with one attached hydrogen (secondary N) is 2. The molecule has 1 atom stereocenters. The zero-order valence-corrected chi connectivity index (χ0v) is 16.9. The number of anilines is 1. The summed E-state index contributed by atoms with van der Waals surface area (Å²) in [5, 5.41) is 8.64. The SMILES string of the molecule is COC[C@H](CC1(CCC(=O)Nc2ccccc2)CCNCC1)c1cccs1. The van der Waals surface area contributed by atoms with E-state index in [4.69, 9.17) is 4.74 Å². The van der Waals surface area contributed by atoms with Crippen molar-refractivity contribution in [3.8, 4) is 0 Å². The van der Waals surface area contributed by atoms with E-state index in [0.29, 0.717) is 12.3 Å². The molecule has 1 fully saturated rings. The quantitative estimate of drug-likeness (QED) is 0.659. The number of methoxy groups -OCH3 is 1. The fourth-order valence-electron chi connectivity index (χ4n) is 4.13. The zero-order valence-electron chi connectivity index (χ0n) is 16.1. The highest BCUT2D eigenvalue weighted by Gasteiger charge is 2.35. The Morgan fingerprint density at radius 3 is 2.67 bits per heavy atom. The van der Waals surface area contributed by atoms with Crippen LogP contribution in [-0.4, -0.2) is 32.7 Å². The average Bonchev–Trinajstić information content (AvgIpc) is 3.23. The van der Waals surface area contributed by atoms with Crippen molar-refractivity contribution >= 4 is 22.9 Å². The van der Waals surface area contributed by atoms with Crippen molar-refractivity contribution in [3.63, 3.8) is 0 Å². The predicted molar refractivity (Wildman–Crippen MR) is 112 cm³/mol. The third-order valence-corrected chi connectivity index (χ3v) is 6.63. The maximum atomic E-state index is 12.5. The molecule has 0 bridgehead atoms. The molecule has 1 aliphatic rings. The van der Waals surface area contributed by atoms with E-state index in [2.05, 4.69) is 28.1 Å². The Kier molecular flexibility index (Phi) is 7.44. The van der Waals surface area contributed by atoms with Crippen LogP contribution < -0.4 is 10.6 Å². The number of carbonyl (C=O) groups excluding carboxylic acids is 1. The molecule has 27 heavy (non-hydrogen) atoms. The molecule has 1 saturated heterocycles. The Hall–Kier alpha value is -1.69. The first kappa shape index (κ1) is 20.1. The van der Waals surface area contributed by atoms with Gasteiger partial charge in [-0.15, -0.1) is 11.3 Å². The maximum Gasteiger partial charge on any atom is 0.224 e. The van der Waals surface area contributed by atoms with Crippen LogP contribution in [0.25, 0.3) is 0 Å². The van der Waals surface area contributed by atoms with Gasteiger partial charge in [0, 0.05) is 30.0 Å². The molecule has 1 aromatic carbocycles. The summed E-state index contributed by atoms with van der Waals surface area (Å²) < 4.78 is 5.53. The molecule has 5 heteroatoms. The van der Waals surface area contributed by atoms with E-state index in [0.717, 1.165) is 51.1 Å². The number of carbonyl (C=O) groups is 1. The zero-order chi connectivity index (χ0) is 19.0. The second-order valence-corrected chi connectivity index (χ2v) is 8.52. The Morgan fingerprint density at radius 2 is 2.00 bits per heavy atom. The van der Waals surface area contributed by atoms with Crippen molar-refractivity contribution in [1.29, 1.82) is 0 Å². The topological polar surface area (TPSA) is 50.4 Å². The lowest BCUT2D eigenvalue weighted by molar-refractivity contribution is -0.117. The number of benzene rings is 1. The van der Waals surface area contributed by atoms with Gasteiger partial charge in [0.25, 0.3) is 0 Å². The number of thiophene rings is 1. The van der Waals surface area contributed by atoms with Gasteiger partial charge in [0.1, 0.15) is 0 Å². The van der Waals surface area contributed by atoms with Crippen LogP contribution in [0.1, 0.15) is 42.9 Å². The molecule has 146 valence electrons. The monoisotopic (exact) mass is 386 g/mol. The van der Waals surface area contributed by atoms with E-state index in [-0.39, 0.29) is 11.3 Å². The van der Waals surface area contributed by atoms with Gasteiger partial charge in [0.05, 0.1) is 6.61 Å². The molecule has 3 rings (SSSR count). The number of amides is 1. The molecular weight excluding hydrogens is 356 g/mol. The molecule has 0 radical (unpaired) electrons. The van der Waals surface area contributed by atoms with Gasteiger partial charge in [-0.05, 0) is 67.8 Å². The number of hydrogen-bond acceptors (Lipinski definition) is 4. The van der Waals surface area contributed by atoms with Gasteiger partial charge in [0.15, 0.2) is 0 Å². The fraction of sp³-hybridized carbons (Fsp3) is 0.500. The lowest BCUT2D eigenvalue weighted by atomic mass is 9.69. The third-order valence-electron chi connectivity index (χ3n) is 5.60. The summed E-state index contributed by atoms with van der Waals surface area (Å²) in [5.74, 6) is 0.517. The second kappa shape index (κ2) is 10.0. The van der Waals surface area contributed by atoms with Gasteiger partial charge in [-0.2, -0.15) is 0 Å². The predicted octanol–water partition coefficient (Wildman–Crippen LogP) is 4.66. The van der Waals surface area contributed by atoms with Gasteiger partial charge in [-0.3, -0.25) is 4.79 Å². The third kappa shape index (κ3) is 5.89. The van der Waals surface area contributed by atoms with Crippen molar-refractivity contribution in [2.24, 2.45) is 5.41 Å². The minimum absolute atomic E-state index is 0.110. The van der Waals surface area contributed by atoms with Crippen molar-refractivity contribution in [2.45, 2.75) is 38.0 Å². The highest BCUT2D eigenvalue weighted by molar-refractivity contribution is 7.10. The summed E-state index contributed by atoms with van der Waals surface area (Å²) in [6, 6.07) is 14.0. The van der Waals surface area contributed by atoms with E-state index in [1.807, 2.05) is 41.7 Å². The Labute approximate surface area is 166 Å². The molecule has 4 nitrogen and oxygen atoms in total. The first-order valence-electron chi connectivity index (χ1n) is 9.79. The minimum Gasteiger partial charge on any atom is -0.384 e. The van der Waals surface area contributed by atoms with Crippen LogP contribution in [0.2, 0.25) is 0 Å². The van der Waals surface area contributed by atoms with E-state index in [9.17, 15) is 4.79 Å². The fourth-order valence-corrected chi connectivity index (χ4v) is 4.94. The van der Waals surface area contributed by atoms with Gasteiger partial charge in [0.2, 0.25) is 5.91 Å². The number of piperidine rings is 1. The Morgan fingerprint density at radius 1 is 1.22 bits per heavy atom. The maximum absolute atomic E-state index is 12.5. The lowest BCUT2D eigenvalue weighted by Gasteiger charge is -2.40. The normalized spacial score (nSPS) is 17.4. The van der Waals surface area contributed by atoms with Crippen LogP contribution in [0.15, 0.2) is 47.8 Å². The molecule has 2 heterocycles. The largest absolute Gasteiger partial charge is 0.384 e. The van der Waals surface area contributed by atoms with Gasteiger partial charge >= 0.3 is 0 Å². The van der Waals surface area contributed by atoms with Crippen LogP contribution in [0.4, 0.5) is 5.69 Å². The summed E-state index contributed by atoms with van der Waals surface area (Å²) in [6.07, 6.45) is 4.83. The smallest absolute Gasteiger partial charge is 0.224 e. The van der Waals surface area contributed by atoms with E-state index in [1.165, 1.54) is 4.88 Å². The summed E-state index contributed by atoms with van der Waals surface area (Å²) in [5.41, 5.74) is 1.07. The standard InChI is InChI=1S/C22H30N2O2S/c1-26-17-18(20-8-5-15-27-20)16-22(11-13-23-14-12-22)10-9-21(25)24-19-6-3-2-4-7-19/h2-8,15,18,23H,9-14,16-17H2,1H3,(H,24,25)/t18-/m0/s1. The molecular formula is C22H30N2O2S. The lowest BCUT2D eigenvalue weighted by Crippen LogP contribution is -2.38. The summed E-state index contributed by atoms with van der Waals surface area (Å²) >= 11 is 1.81. The molecule has 2 aromatic rings. The Bertz CT molecular complexity index is 682. The van der Waals surface area contributed by atoms with Crippen LogP contribution >= 0.6 is 11.3 Å². The van der Waals surface area contributed by atoms with E-state index < -0.39 is 0 Å². The highest BCUT2D eigenvalue weighted by atomic mass is 32.1. The van der Waals surface area contributed by atoms with Crippen LogP contribution in [0.5, 0.6) is 0 Å².